The number of hydrogen-bond acceptors (Lipinski definition) is 2. The number of anilines is 1. The number of nitrogens with one attached hydrogen (secondary N) is 1. The van der Waals surface area contributed by atoms with Gasteiger partial charge in [-0.2, -0.15) is 0 Å². The Morgan fingerprint density at radius 3 is 2.50 bits per heavy atom. The molecule has 0 unspecified atom stereocenters. The molecular weight excluding hydrogens is 202 g/mol. The van der Waals surface area contributed by atoms with Crippen LogP contribution in [-0.2, 0) is 11.4 Å². The predicted molar refractivity (Wildman–Crippen MR) is 65.1 cm³/mol. The summed E-state index contributed by atoms with van der Waals surface area (Å²) in [6.07, 6.45) is 1.67. The summed E-state index contributed by atoms with van der Waals surface area (Å²) in [5.41, 5.74) is 1.46. The number of hydrogen-bond donors (Lipinski definition) is 2. The van der Waals surface area contributed by atoms with Crippen molar-refractivity contribution in [2.75, 3.05) is 5.32 Å². The SMILES string of the molecule is CCC(CC)C(=O)Nc1ccccc1CO. The minimum absolute atomic E-state index is 0.0332. The number of aliphatic hydroxyl groups excluding tert-OH is 1. The van der Waals surface area contributed by atoms with Crippen LogP contribution in [0.3, 0.4) is 0 Å². The molecule has 0 bridgehead atoms. The van der Waals surface area contributed by atoms with E-state index >= 15 is 0 Å². The molecule has 1 aromatic rings. The van der Waals surface area contributed by atoms with Gasteiger partial charge >= 0.3 is 0 Å². The van der Waals surface area contributed by atoms with E-state index < -0.39 is 0 Å². The molecule has 88 valence electrons. The molecule has 0 fully saturated rings. The maximum absolute atomic E-state index is 11.9. The molecule has 16 heavy (non-hydrogen) atoms. The highest BCUT2D eigenvalue weighted by atomic mass is 16.3. The van der Waals surface area contributed by atoms with E-state index in [1.807, 2.05) is 38.1 Å². The molecule has 0 heterocycles. The zero-order valence-corrected chi connectivity index (χ0v) is 9.86. The average Bonchev–Trinajstić information content (AvgIpc) is 2.31. The molecule has 0 radical (unpaired) electrons. The van der Waals surface area contributed by atoms with E-state index in [2.05, 4.69) is 5.32 Å². The third kappa shape index (κ3) is 3.07. The Morgan fingerprint density at radius 1 is 1.31 bits per heavy atom. The predicted octanol–water partition coefficient (Wildman–Crippen LogP) is 2.55. The Labute approximate surface area is 96.5 Å². The van der Waals surface area contributed by atoms with Gasteiger partial charge in [0.15, 0.2) is 0 Å². The number of carbonyl (C=O) groups is 1. The quantitative estimate of drug-likeness (QED) is 0.802. The van der Waals surface area contributed by atoms with Crippen LogP contribution in [-0.4, -0.2) is 11.0 Å². The van der Waals surface area contributed by atoms with Crippen molar-refractivity contribution in [3.8, 4) is 0 Å². The van der Waals surface area contributed by atoms with Crippen LogP contribution in [0.2, 0.25) is 0 Å². The number of para-hydroxylation sites is 1. The molecule has 0 aliphatic carbocycles. The van der Waals surface area contributed by atoms with E-state index in [1.165, 1.54) is 0 Å². The van der Waals surface area contributed by atoms with Crippen molar-refractivity contribution in [3.05, 3.63) is 29.8 Å². The highest BCUT2D eigenvalue weighted by Crippen LogP contribution is 2.17. The monoisotopic (exact) mass is 221 g/mol. The van der Waals surface area contributed by atoms with E-state index in [0.29, 0.717) is 5.69 Å². The second kappa shape index (κ2) is 6.28. The van der Waals surface area contributed by atoms with Crippen LogP contribution in [0.1, 0.15) is 32.3 Å². The number of amides is 1. The zero-order valence-electron chi connectivity index (χ0n) is 9.86. The first kappa shape index (κ1) is 12.7. The van der Waals surface area contributed by atoms with E-state index in [-0.39, 0.29) is 18.4 Å². The summed E-state index contributed by atoms with van der Waals surface area (Å²) in [7, 11) is 0. The number of carbonyl (C=O) groups excluding carboxylic acids is 1. The lowest BCUT2D eigenvalue weighted by Crippen LogP contribution is -2.22. The lowest BCUT2D eigenvalue weighted by atomic mass is 10.0. The van der Waals surface area contributed by atoms with Crippen molar-refractivity contribution in [1.82, 2.24) is 0 Å². The Morgan fingerprint density at radius 2 is 1.94 bits per heavy atom. The number of rotatable bonds is 5. The topological polar surface area (TPSA) is 49.3 Å². The van der Waals surface area contributed by atoms with Crippen molar-refractivity contribution in [2.24, 2.45) is 5.92 Å². The standard InChI is InChI=1S/C13H19NO2/c1-3-10(4-2)13(16)14-12-8-6-5-7-11(12)9-15/h5-8,10,15H,3-4,9H2,1-2H3,(H,14,16). The van der Waals surface area contributed by atoms with Gasteiger partial charge in [0.25, 0.3) is 0 Å². The van der Waals surface area contributed by atoms with Crippen molar-refractivity contribution in [1.29, 1.82) is 0 Å². The third-order valence-electron chi connectivity index (χ3n) is 2.80. The summed E-state index contributed by atoms with van der Waals surface area (Å²) in [6.45, 7) is 3.96. The van der Waals surface area contributed by atoms with Gasteiger partial charge in [0.1, 0.15) is 0 Å². The van der Waals surface area contributed by atoms with Gasteiger partial charge in [0.2, 0.25) is 5.91 Å². The van der Waals surface area contributed by atoms with Crippen molar-refractivity contribution in [3.63, 3.8) is 0 Å². The first-order chi connectivity index (χ1) is 7.72. The Hall–Kier alpha value is -1.35. The summed E-state index contributed by atoms with van der Waals surface area (Å²) in [6, 6.07) is 7.31. The van der Waals surface area contributed by atoms with Crippen LogP contribution in [0, 0.1) is 5.92 Å². The van der Waals surface area contributed by atoms with E-state index in [4.69, 9.17) is 5.11 Å². The largest absolute Gasteiger partial charge is 0.392 e. The molecular formula is C13H19NO2. The van der Waals surface area contributed by atoms with Crippen LogP contribution < -0.4 is 5.32 Å². The van der Waals surface area contributed by atoms with E-state index in [1.54, 1.807) is 0 Å². The Kier molecular flexibility index (Phi) is 4.99. The van der Waals surface area contributed by atoms with Gasteiger partial charge in [0, 0.05) is 17.2 Å². The van der Waals surface area contributed by atoms with Gasteiger partial charge < -0.3 is 10.4 Å². The molecule has 1 amide bonds. The normalized spacial score (nSPS) is 10.5. The average molecular weight is 221 g/mol. The van der Waals surface area contributed by atoms with Crippen LogP contribution >= 0.6 is 0 Å². The van der Waals surface area contributed by atoms with Crippen LogP contribution in [0.15, 0.2) is 24.3 Å². The summed E-state index contributed by atoms with van der Waals surface area (Å²) >= 11 is 0. The minimum atomic E-state index is -0.0562. The Bertz CT molecular complexity index is 346. The molecule has 0 saturated carbocycles. The minimum Gasteiger partial charge on any atom is -0.392 e. The van der Waals surface area contributed by atoms with Crippen LogP contribution in [0.25, 0.3) is 0 Å². The fourth-order valence-corrected chi connectivity index (χ4v) is 1.67. The maximum Gasteiger partial charge on any atom is 0.227 e. The van der Waals surface area contributed by atoms with Gasteiger partial charge in [-0.25, -0.2) is 0 Å². The second-order valence-corrected chi connectivity index (χ2v) is 3.82. The summed E-state index contributed by atoms with van der Waals surface area (Å²) in [4.78, 5) is 11.9. The first-order valence-corrected chi connectivity index (χ1v) is 5.72. The van der Waals surface area contributed by atoms with Gasteiger partial charge in [-0.3, -0.25) is 4.79 Å². The first-order valence-electron chi connectivity index (χ1n) is 5.72. The second-order valence-electron chi connectivity index (χ2n) is 3.82. The molecule has 0 aliphatic heterocycles. The molecule has 0 atom stereocenters. The maximum atomic E-state index is 11.9. The molecule has 0 spiro atoms. The molecule has 0 aromatic heterocycles. The van der Waals surface area contributed by atoms with Gasteiger partial charge in [-0.1, -0.05) is 32.0 Å². The summed E-state index contributed by atoms with van der Waals surface area (Å²) in [5.74, 6) is 0.0812. The molecule has 2 N–H and O–H groups in total. The molecule has 3 nitrogen and oxygen atoms in total. The van der Waals surface area contributed by atoms with Crippen molar-refractivity contribution < 1.29 is 9.90 Å². The Balaban J connectivity index is 2.76. The number of aliphatic hydroxyl groups is 1. The van der Waals surface area contributed by atoms with Crippen LogP contribution in [0.5, 0.6) is 0 Å². The lowest BCUT2D eigenvalue weighted by Gasteiger charge is -2.14. The zero-order chi connectivity index (χ0) is 12.0. The molecule has 0 saturated heterocycles. The van der Waals surface area contributed by atoms with Crippen molar-refractivity contribution >= 4 is 11.6 Å². The van der Waals surface area contributed by atoms with Crippen LogP contribution in [0.4, 0.5) is 5.69 Å². The highest BCUT2D eigenvalue weighted by Gasteiger charge is 2.14. The smallest absolute Gasteiger partial charge is 0.227 e. The van der Waals surface area contributed by atoms with Gasteiger partial charge in [-0.15, -0.1) is 0 Å². The summed E-state index contributed by atoms with van der Waals surface area (Å²) in [5, 5.41) is 12.0. The molecule has 3 heteroatoms. The van der Waals surface area contributed by atoms with E-state index in [0.717, 1.165) is 18.4 Å². The lowest BCUT2D eigenvalue weighted by molar-refractivity contribution is -0.120. The molecule has 1 aromatic carbocycles. The van der Waals surface area contributed by atoms with Crippen molar-refractivity contribution in [2.45, 2.75) is 33.3 Å². The highest BCUT2D eigenvalue weighted by molar-refractivity contribution is 5.93. The van der Waals surface area contributed by atoms with Gasteiger partial charge in [0.05, 0.1) is 6.61 Å². The fraction of sp³-hybridized carbons (Fsp3) is 0.462. The van der Waals surface area contributed by atoms with E-state index in [9.17, 15) is 4.79 Å². The molecule has 1 rings (SSSR count). The number of benzene rings is 1. The van der Waals surface area contributed by atoms with Gasteiger partial charge in [-0.05, 0) is 18.9 Å². The third-order valence-corrected chi connectivity index (χ3v) is 2.80. The fourth-order valence-electron chi connectivity index (χ4n) is 1.67. The summed E-state index contributed by atoms with van der Waals surface area (Å²) < 4.78 is 0. The molecule has 0 aliphatic rings.